The number of nitrogens with one attached hydrogen (secondary N) is 1. The standard InChI is InChI=1S/C14H19NO5.ClH/c1-14(2)7-20-13(17)15-12(14)11-9(16)5-8(18-3)6-10(11)19-4;/h5-6,12,16H,7H2,1-4H3,(H,15,17);1H/t12-;/m0./s1. The molecule has 2 rings (SSSR count). The summed E-state index contributed by atoms with van der Waals surface area (Å²) in [5.74, 6) is 0.961. The predicted molar refractivity (Wildman–Crippen MR) is 79.5 cm³/mol. The van der Waals surface area contributed by atoms with Gasteiger partial charge in [-0.15, -0.1) is 12.4 Å². The van der Waals surface area contributed by atoms with E-state index in [0.717, 1.165) is 0 Å². The van der Waals surface area contributed by atoms with Gasteiger partial charge >= 0.3 is 6.09 Å². The summed E-state index contributed by atoms with van der Waals surface area (Å²) < 4.78 is 15.4. The normalized spacial score (nSPS) is 19.8. The molecule has 1 aliphatic heterocycles. The summed E-state index contributed by atoms with van der Waals surface area (Å²) >= 11 is 0. The molecule has 1 aromatic carbocycles. The number of halogens is 1. The van der Waals surface area contributed by atoms with Gasteiger partial charge in [0.05, 0.1) is 25.8 Å². The molecular formula is C14H20ClNO5. The minimum atomic E-state index is -0.508. The number of amides is 1. The van der Waals surface area contributed by atoms with Gasteiger partial charge in [-0.2, -0.15) is 0 Å². The third-order valence-corrected chi connectivity index (χ3v) is 3.46. The largest absolute Gasteiger partial charge is 0.507 e. The Balaban J connectivity index is 0.00000220. The second-order valence-electron chi connectivity index (χ2n) is 5.40. The highest BCUT2D eigenvalue weighted by atomic mass is 35.5. The molecule has 1 aliphatic rings. The van der Waals surface area contributed by atoms with E-state index < -0.39 is 12.1 Å². The number of carbonyl (C=O) groups is 1. The second-order valence-corrected chi connectivity index (χ2v) is 5.40. The van der Waals surface area contributed by atoms with Crippen LogP contribution in [-0.2, 0) is 4.74 Å². The van der Waals surface area contributed by atoms with Gasteiger partial charge in [-0.05, 0) is 0 Å². The second kappa shape index (κ2) is 6.30. The van der Waals surface area contributed by atoms with E-state index in [1.165, 1.54) is 20.3 Å². The molecule has 0 saturated carbocycles. The third kappa shape index (κ3) is 3.26. The van der Waals surface area contributed by atoms with Crippen molar-refractivity contribution in [2.75, 3.05) is 20.8 Å². The van der Waals surface area contributed by atoms with Crippen molar-refractivity contribution in [3.05, 3.63) is 17.7 Å². The maximum absolute atomic E-state index is 11.5. The molecule has 0 aromatic heterocycles. The van der Waals surface area contributed by atoms with Crippen LogP contribution < -0.4 is 14.8 Å². The number of alkyl carbamates (subject to hydrolysis) is 1. The third-order valence-electron chi connectivity index (χ3n) is 3.46. The number of ether oxygens (including phenoxy) is 3. The summed E-state index contributed by atoms with van der Waals surface area (Å²) in [7, 11) is 3.01. The highest BCUT2D eigenvalue weighted by Crippen LogP contribution is 2.45. The first kappa shape index (κ1) is 17.2. The number of benzene rings is 1. The molecule has 1 amide bonds. The molecule has 1 heterocycles. The fourth-order valence-corrected chi connectivity index (χ4v) is 2.32. The van der Waals surface area contributed by atoms with Crippen molar-refractivity contribution in [3.63, 3.8) is 0 Å². The van der Waals surface area contributed by atoms with E-state index in [2.05, 4.69) is 5.32 Å². The summed E-state index contributed by atoms with van der Waals surface area (Å²) in [4.78, 5) is 11.5. The number of carbonyl (C=O) groups excluding carboxylic acids is 1. The topological polar surface area (TPSA) is 77.0 Å². The van der Waals surface area contributed by atoms with Crippen LogP contribution in [0.15, 0.2) is 12.1 Å². The minimum Gasteiger partial charge on any atom is -0.507 e. The molecule has 0 spiro atoms. The van der Waals surface area contributed by atoms with E-state index in [9.17, 15) is 9.90 Å². The molecule has 1 atom stereocenters. The van der Waals surface area contributed by atoms with Gasteiger partial charge in [0.1, 0.15) is 23.9 Å². The molecule has 118 valence electrons. The number of hydrogen-bond donors (Lipinski definition) is 2. The van der Waals surface area contributed by atoms with E-state index in [-0.39, 0.29) is 30.2 Å². The van der Waals surface area contributed by atoms with Crippen molar-refractivity contribution in [1.82, 2.24) is 5.32 Å². The summed E-state index contributed by atoms with van der Waals surface area (Å²) in [5, 5.41) is 13.0. The van der Waals surface area contributed by atoms with Crippen LogP contribution in [0.2, 0.25) is 0 Å². The SMILES string of the molecule is COc1cc(O)c([C@@H]2NC(=O)OCC2(C)C)c(OC)c1.Cl. The zero-order valence-electron chi connectivity index (χ0n) is 12.4. The molecule has 1 saturated heterocycles. The van der Waals surface area contributed by atoms with E-state index >= 15 is 0 Å². The molecule has 21 heavy (non-hydrogen) atoms. The Morgan fingerprint density at radius 1 is 1.33 bits per heavy atom. The lowest BCUT2D eigenvalue weighted by Gasteiger charge is -2.39. The van der Waals surface area contributed by atoms with Crippen LogP contribution in [0, 0.1) is 5.41 Å². The van der Waals surface area contributed by atoms with Gasteiger partial charge in [-0.1, -0.05) is 13.8 Å². The van der Waals surface area contributed by atoms with Gasteiger partial charge in [0, 0.05) is 17.5 Å². The lowest BCUT2D eigenvalue weighted by molar-refractivity contribution is 0.0374. The molecule has 2 N–H and O–H groups in total. The predicted octanol–water partition coefficient (Wildman–Crippen LogP) is 2.64. The van der Waals surface area contributed by atoms with Crippen LogP contribution in [-0.4, -0.2) is 32.0 Å². The Morgan fingerprint density at radius 2 is 2.00 bits per heavy atom. The van der Waals surface area contributed by atoms with E-state index in [1.54, 1.807) is 6.07 Å². The Labute approximate surface area is 129 Å². The van der Waals surface area contributed by atoms with Crippen molar-refractivity contribution in [2.45, 2.75) is 19.9 Å². The Morgan fingerprint density at radius 3 is 2.57 bits per heavy atom. The quantitative estimate of drug-likeness (QED) is 0.896. The molecule has 0 aliphatic carbocycles. The number of rotatable bonds is 3. The minimum absolute atomic E-state index is 0. The van der Waals surface area contributed by atoms with Gasteiger partial charge in [0.25, 0.3) is 0 Å². The Kier molecular flexibility index (Phi) is 5.17. The molecule has 6 nitrogen and oxygen atoms in total. The zero-order chi connectivity index (χ0) is 14.9. The average molecular weight is 318 g/mol. The molecule has 1 fully saturated rings. The molecule has 0 unspecified atom stereocenters. The van der Waals surface area contributed by atoms with Crippen LogP contribution in [0.5, 0.6) is 17.2 Å². The fourth-order valence-electron chi connectivity index (χ4n) is 2.32. The Bertz CT molecular complexity index is 532. The van der Waals surface area contributed by atoms with E-state index in [1.807, 2.05) is 13.8 Å². The number of aromatic hydroxyl groups is 1. The smallest absolute Gasteiger partial charge is 0.407 e. The van der Waals surface area contributed by atoms with Gasteiger partial charge in [-0.3, -0.25) is 0 Å². The molecule has 0 bridgehead atoms. The van der Waals surface area contributed by atoms with Gasteiger partial charge < -0.3 is 24.6 Å². The molecule has 7 heteroatoms. The van der Waals surface area contributed by atoms with Crippen molar-refractivity contribution in [2.24, 2.45) is 5.41 Å². The first-order valence-electron chi connectivity index (χ1n) is 6.27. The molecule has 1 aromatic rings. The van der Waals surface area contributed by atoms with E-state index in [0.29, 0.717) is 17.1 Å². The highest BCUT2D eigenvalue weighted by Gasteiger charge is 2.41. The number of hydrogen-bond acceptors (Lipinski definition) is 5. The Hall–Kier alpha value is -1.82. The van der Waals surface area contributed by atoms with Crippen LogP contribution in [0.25, 0.3) is 0 Å². The summed E-state index contributed by atoms with van der Waals surface area (Å²) in [6.45, 7) is 4.15. The van der Waals surface area contributed by atoms with Gasteiger partial charge in [0.2, 0.25) is 0 Å². The monoisotopic (exact) mass is 317 g/mol. The lowest BCUT2D eigenvalue weighted by Crippen LogP contribution is -2.47. The highest BCUT2D eigenvalue weighted by molar-refractivity contribution is 5.85. The number of phenols is 1. The van der Waals surface area contributed by atoms with Crippen LogP contribution >= 0.6 is 12.4 Å². The number of phenolic OH excluding ortho intramolecular Hbond substituents is 1. The van der Waals surface area contributed by atoms with E-state index in [4.69, 9.17) is 14.2 Å². The van der Waals surface area contributed by atoms with Crippen molar-refractivity contribution < 1.29 is 24.1 Å². The van der Waals surface area contributed by atoms with Crippen molar-refractivity contribution >= 4 is 18.5 Å². The maximum atomic E-state index is 11.5. The lowest BCUT2D eigenvalue weighted by atomic mass is 9.79. The van der Waals surface area contributed by atoms with Crippen LogP contribution in [0.1, 0.15) is 25.5 Å². The fraction of sp³-hybridized carbons (Fsp3) is 0.500. The number of methoxy groups -OCH3 is 2. The van der Waals surface area contributed by atoms with Crippen molar-refractivity contribution in [3.8, 4) is 17.2 Å². The summed E-state index contributed by atoms with van der Waals surface area (Å²) in [6, 6.07) is 2.76. The van der Waals surface area contributed by atoms with Crippen LogP contribution in [0.4, 0.5) is 4.79 Å². The summed E-state index contributed by atoms with van der Waals surface area (Å²) in [5.41, 5.74) is 0.141. The number of cyclic esters (lactones) is 1. The molecule has 0 radical (unpaired) electrons. The first-order valence-corrected chi connectivity index (χ1v) is 6.27. The van der Waals surface area contributed by atoms with Gasteiger partial charge in [0.15, 0.2) is 0 Å². The van der Waals surface area contributed by atoms with Crippen LogP contribution in [0.3, 0.4) is 0 Å². The average Bonchev–Trinajstić information content (AvgIpc) is 2.41. The first-order chi connectivity index (χ1) is 9.39. The van der Waals surface area contributed by atoms with Gasteiger partial charge in [-0.25, -0.2) is 4.79 Å². The summed E-state index contributed by atoms with van der Waals surface area (Å²) in [6.07, 6.45) is -0.508. The maximum Gasteiger partial charge on any atom is 0.407 e. The van der Waals surface area contributed by atoms with Crippen molar-refractivity contribution in [1.29, 1.82) is 0 Å². The zero-order valence-corrected chi connectivity index (χ0v) is 13.2. The molecular weight excluding hydrogens is 298 g/mol.